The van der Waals surface area contributed by atoms with E-state index in [2.05, 4.69) is 44.2 Å². The van der Waals surface area contributed by atoms with Crippen LogP contribution in [0.4, 0.5) is 10.5 Å². The minimum absolute atomic E-state index is 0.136. The number of carbonyl (C=O) groups is 1. The number of amides is 1. The third-order valence-corrected chi connectivity index (χ3v) is 9.36. The average Bonchev–Trinajstić information content (AvgIpc) is 3.17. The first kappa shape index (κ1) is 22.2. The van der Waals surface area contributed by atoms with Gasteiger partial charge in [0.25, 0.3) is 0 Å². The first-order valence-corrected chi connectivity index (χ1v) is 13.3. The van der Waals surface area contributed by atoms with Crippen LogP contribution in [0.1, 0.15) is 70.7 Å². The van der Waals surface area contributed by atoms with Crippen LogP contribution in [0.5, 0.6) is 0 Å². The zero-order valence-electron chi connectivity index (χ0n) is 18.2. The third kappa shape index (κ3) is 5.79. The Balaban J connectivity index is 1.89. The van der Waals surface area contributed by atoms with Crippen molar-refractivity contribution < 1.29 is 9.53 Å². The van der Waals surface area contributed by atoms with Crippen molar-refractivity contribution in [1.82, 2.24) is 4.98 Å². The Morgan fingerprint density at radius 1 is 1.21 bits per heavy atom. The lowest BCUT2D eigenvalue weighted by Gasteiger charge is -2.21. The second kappa shape index (κ2) is 10.0. The van der Waals surface area contributed by atoms with Crippen molar-refractivity contribution in [3.63, 3.8) is 0 Å². The summed E-state index contributed by atoms with van der Waals surface area (Å²) in [5, 5.41) is 5.49. The maximum atomic E-state index is 12.0. The molecule has 1 amide bonds. The molecule has 0 saturated heterocycles. The van der Waals surface area contributed by atoms with Gasteiger partial charge in [0.2, 0.25) is 0 Å². The van der Waals surface area contributed by atoms with Crippen LogP contribution in [0.2, 0.25) is 0 Å². The average molecular weight is 433 g/mol. The molecule has 2 aromatic rings. The molecule has 1 atom stereocenters. The van der Waals surface area contributed by atoms with E-state index in [1.165, 1.54) is 52.9 Å². The Labute approximate surface area is 180 Å². The normalized spacial score (nSPS) is 16.2. The molecule has 1 saturated carbocycles. The van der Waals surface area contributed by atoms with E-state index >= 15 is 0 Å². The topological polar surface area (TPSA) is 51.2 Å². The number of ether oxygens (including phenoxy) is 1. The van der Waals surface area contributed by atoms with Gasteiger partial charge in [0, 0.05) is 23.4 Å². The van der Waals surface area contributed by atoms with Gasteiger partial charge in [-0.3, -0.25) is 5.32 Å². The molecule has 1 aromatic carbocycles. The van der Waals surface area contributed by atoms with Crippen LogP contribution in [0.25, 0.3) is 10.4 Å². The molecule has 1 fully saturated rings. The molecular weight excluding hydrogens is 399 g/mol. The fourth-order valence-corrected chi connectivity index (χ4v) is 6.38. The molecule has 4 nitrogen and oxygen atoms in total. The van der Waals surface area contributed by atoms with Crippen molar-refractivity contribution in [2.24, 2.45) is 0 Å². The molecule has 29 heavy (non-hydrogen) atoms. The minimum Gasteiger partial charge on any atom is -0.447 e. The van der Waals surface area contributed by atoms with E-state index in [4.69, 9.17) is 9.72 Å². The Bertz CT molecular complexity index is 828. The van der Waals surface area contributed by atoms with E-state index in [-0.39, 0.29) is 14.0 Å². The molecule has 1 unspecified atom stereocenters. The molecule has 0 aliphatic heterocycles. The van der Waals surface area contributed by atoms with Gasteiger partial charge < -0.3 is 4.74 Å². The maximum absolute atomic E-state index is 12.0. The standard InChI is InChI=1S/C23H33N2O2PS/c1-15(2)27-23(26)25-18-11-12-19(20(13-18)28(5)16(3)4)21-14-24-22(29-21)17-9-7-6-8-10-17/h11-17H,6-10H2,1-5H3,(H,25,26). The van der Waals surface area contributed by atoms with Crippen LogP contribution >= 0.6 is 19.3 Å². The maximum Gasteiger partial charge on any atom is 0.411 e. The molecule has 0 bridgehead atoms. The highest BCUT2D eigenvalue weighted by atomic mass is 32.1. The lowest BCUT2D eigenvalue weighted by Crippen LogP contribution is -2.19. The van der Waals surface area contributed by atoms with Crippen molar-refractivity contribution in [2.45, 2.75) is 77.5 Å². The molecule has 1 N–H and O–H groups in total. The van der Waals surface area contributed by atoms with E-state index in [9.17, 15) is 4.79 Å². The summed E-state index contributed by atoms with van der Waals surface area (Å²) in [5.74, 6) is 0.630. The summed E-state index contributed by atoms with van der Waals surface area (Å²) in [6, 6.07) is 6.24. The molecule has 1 aromatic heterocycles. The third-order valence-electron chi connectivity index (χ3n) is 5.48. The lowest BCUT2D eigenvalue weighted by molar-refractivity contribution is 0.130. The van der Waals surface area contributed by atoms with Crippen molar-refractivity contribution in [3.05, 3.63) is 29.4 Å². The number of carbonyl (C=O) groups excluding carboxylic acids is 1. The van der Waals surface area contributed by atoms with Crippen LogP contribution in [0, 0.1) is 0 Å². The number of anilines is 1. The summed E-state index contributed by atoms with van der Waals surface area (Å²) in [6.07, 6.45) is 8.07. The predicted molar refractivity (Wildman–Crippen MR) is 126 cm³/mol. The summed E-state index contributed by atoms with van der Waals surface area (Å²) in [7, 11) is -0.355. The molecular formula is C23H33N2O2PS. The summed E-state index contributed by atoms with van der Waals surface area (Å²) in [5.41, 5.74) is 2.61. The summed E-state index contributed by atoms with van der Waals surface area (Å²) in [6.45, 7) is 10.6. The van der Waals surface area contributed by atoms with Gasteiger partial charge in [0.15, 0.2) is 0 Å². The van der Waals surface area contributed by atoms with E-state index in [0.717, 1.165) is 5.69 Å². The number of aromatic nitrogens is 1. The van der Waals surface area contributed by atoms with Gasteiger partial charge in [-0.25, -0.2) is 9.78 Å². The molecule has 0 spiro atoms. The van der Waals surface area contributed by atoms with Gasteiger partial charge in [0.1, 0.15) is 0 Å². The summed E-state index contributed by atoms with van der Waals surface area (Å²) < 4.78 is 5.23. The van der Waals surface area contributed by atoms with Crippen LogP contribution in [-0.2, 0) is 4.74 Å². The lowest BCUT2D eigenvalue weighted by atomic mass is 9.90. The van der Waals surface area contributed by atoms with Crippen LogP contribution in [0.3, 0.4) is 0 Å². The number of hydrogen-bond acceptors (Lipinski definition) is 4. The second-order valence-corrected chi connectivity index (χ2v) is 12.2. The van der Waals surface area contributed by atoms with Crippen LogP contribution in [0.15, 0.2) is 24.4 Å². The number of hydrogen-bond donors (Lipinski definition) is 1. The molecule has 1 heterocycles. The zero-order valence-corrected chi connectivity index (χ0v) is 19.9. The Morgan fingerprint density at radius 2 is 1.93 bits per heavy atom. The quantitative estimate of drug-likeness (QED) is 0.502. The van der Waals surface area contributed by atoms with Crippen molar-refractivity contribution in [2.75, 3.05) is 12.0 Å². The first-order valence-electron chi connectivity index (χ1n) is 10.7. The SMILES string of the molecule is CC(C)OC(=O)Nc1ccc(-c2cnc(C3CCCCC3)s2)c(P(C)C(C)C)c1. The van der Waals surface area contributed by atoms with Crippen LogP contribution in [-0.4, -0.2) is 29.5 Å². The van der Waals surface area contributed by atoms with Gasteiger partial charge in [0.05, 0.1) is 16.0 Å². The fourth-order valence-electron chi connectivity index (χ4n) is 3.70. The van der Waals surface area contributed by atoms with E-state index in [0.29, 0.717) is 11.6 Å². The highest BCUT2D eigenvalue weighted by molar-refractivity contribution is 7.65. The Morgan fingerprint density at radius 3 is 2.59 bits per heavy atom. The first-order chi connectivity index (χ1) is 13.8. The van der Waals surface area contributed by atoms with E-state index < -0.39 is 6.09 Å². The second-order valence-electron chi connectivity index (χ2n) is 8.41. The highest BCUT2D eigenvalue weighted by Gasteiger charge is 2.22. The van der Waals surface area contributed by atoms with Gasteiger partial charge >= 0.3 is 6.09 Å². The Kier molecular flexibility index (Phi) is 7.70. The molecule has 3 rings (SSSR count). The Hall–Kier alpha value is -1.45. The molecule has 1 aliphatic carbocycles. The van der Waals surface area contributed by atoms with E-state index in [1.807, 2.05) is 31.3 Å². The highest BCUT2D eigenvalue weighted by Crippen LogP contribution is 2.43. The largest absolute Gasteiger partial charge is 0.447 e. The number of benzene rings is 1. The van der Waals surface area contributed by atoms with Crippen molar-refractivity contribution >= 4 is 36.3 Å². The van der Waals surface area contributed by atoms with Gasteiger partial charge in [-0.15, -0.1) is 11.3 Å². The van der Waals surface area contributed by atoms with Crippen molar-refractivity contribution in [3.8, 4) is 10.4 Å². The van der Waals surface area contributed by atoms with Gasteiger partial charge in [-0.1, -0.05) is 47.1 Å². The number of nitrogens with zero attached hydrogens (tertiary/aromatic N) is 1. The van der Waals surface area contributed by atoms with E-state index in [1.54, 1.807) is 0 Å². The smallest absolute Gasteiger partial charge is 0.411 e. The van der Waals surface area contributed by atoms with Gasteiger partial charge in [-0.2, -0.15) is 0 Å². The van der Waals surface area contributed by atoms with Gasteiger partial charge in [-0.05, 0) is 56.5 Å². The molecule has 158 valence electrons. The predicted octanol–water partition coefficient (Wildman–Crippen LogP) is 6.96. The molecule has 6 heteroatoms. The monoisotopic (exact) mass is 432 g/mol. The molecule has 0 radical (unpaired) electrons. The number of rotatable bonds is 6. The minimum atomic E-state index is -0.402. The summed E-state index contributed by atoms with van der Waals surface area (Å²) in [4.78, 5) is 18.1. The number of thiazole rings is 1. The number of nitrogens with one attached hydrogen (secondary N) is 1. The fraction of sp³-hybridized carbons (Fsp3) is 0.565. The zero-order chi connectivity index (χ0) is 21.0. The van der Waals surface area contributed by atoms with Crippen molar-refractivity contribution in [1.29, 1.82) is 0 Å². The van der Waals surface area contributed by atoms with Crippen LogP contribution < -0.4 is 10.6 Å². The summed E-state index contributed by atoms with van der Waals surface area (Å²) >= 11 is 1.85. The molecule has 1 aliphatic rings.